The standard InChI is InChI=1S/C23H19N5O3S/c1-2-31-19-13-9-17(10-14-19)25-22(23-26-20-5-3-4-6-21(20)32-23)27-24-15-16-7-11-18(12-8-16)28(29)30/h3-15H,2H2,1H3,(H,25,27)/b24-15+. The van der Waals surface area contributed by atoms with Gasteiger partial charge in [-0.15, -0.1) is 11.3 Å². The molecule has 0 atom stereocenters. The van der Waals surface area contributed by atoms with E-state index in [2.05, 4.69) is 20.5 Å². The molecule has 1 N–H and O–H groups in total. The smallest absolute Gasteiger partial charge is 0.269 e. The normalized spacial score (nSPS) is 11.7. The summed E-state index contributed by atoms with van der Waals surface area (Å²) in [7, 11) is 0. The number of nitrogens with zero attached hydrogens (tertiary/aromatic N) is 4. The van der Waals surface area contributed by atoms with E-state index in [1.54, 1.807) is 18.3 Å². The minimum Gasteiger partial charge on any atom is -0.494 e. The van der Waals surface area contributed by atoms with Gasteiger partial charge in [-0.1, -0.05) is 12.1 Å². The monoisotopic (exact) mass is 445 g/mol. The number of rotatable bonds is 7. The van der Waals surface area contributed by atoms with Crippen molar-refractivity contribution in [3.8, 4) is 5.75 Å². The molecule has 0 aliphatic heterocycles. The van der Waals surface area contributed by atoms with E-state index in [9.17, 15) is 10.1 Å². The number of hydrogen-bond acceptors (Lipinski definition) is 7. The van der Waals surface area contributed by atoms with Crippen LogP contribution in [-0.4, -0.2) is 28.6 Å². The Kier molecular flexibility index (Phi) is 6.47. The average Bonchev–Trinajstić information content (AvgIpc) is 3.24. The highest BCUT2D eigenvalue weighted by molar-refractivity contribution is 7.20. The van der Waals surface area contributed by atoms with Crippen LogP contribution in [0.15, 0.2) is 82.9 Å². The molecule has 8 nitrogen and oxygen atoms in total. The summed E-state index contributed by atoms with van der Waals surface area (Å²) in [5.41, 5.74) is 5.32. The fraction of sp³-hybridized carbons (Fsp3) is 0.0870. The molecule has 0 radical (unpaired) electrons. The molecule has 0 saturated heterocycles. The van der Waals surface area contributed by atoms with Gasteiger partial charge >= 0.3 is 0 Å². The van der Waals surface area contributed by atoms with Crippen LogP contribution in [0.3, 0.4) is 0 Å². The van der Waals surface area contributed by atoms with Gasteiger partial charge < -0.3 is 4.74 Å². The number of fused-ring (bicyclic) bond motifs is 1. The molecule has 0 unspecified atom stereocenters. The third-order valence-corrected chi connectivity index (χ3v) is 5.42. The maximum atomic E-state index is 10.8. The molecule has 4 aromatic rings. The number of thiazole rings is 1. The Labute approximate surface area is 188 Å². The number of non-ortho nitro benzene ring substituents is 1. The predicted octanol–water partition coefficient (Wildman–Crippen LogP) is 5.31. The fourth-order valence-corrected chi connectivity index (χ4v) is 3.76. The number of aliphatic imine (C=N–C) groups is 1. The Morgan fingerprint density at radius 2 is 1.88 bits per heavy atom. The predicted molar refractivity (Wildman–Crippen MR) is 127 cm³/mol. The van der Waals surface area contributed by atoms with Crippen molar-refractivity contribution in [2.45, 2.75) is 6.92 Å². The van der Waals surface area contributed by atoms with Crippen molar-refractivity contribution in [3.05, 3.63) is 93.5 Å². The highest BCUT2D eigenvalue weighted by atomic mass is 32.1. The molecule has 1 heterocycles. The van der Waals surface area contributed by atoms with E-state index >= 15 is 0 Å². The molecule has 4 rings (SSSR count). The summed E-state index contributed by atoms with van der Waals surface area (Å²) in [6.45, 7) is 2.53. The quantitative estimate of drug-likeness (QED) is 0.180. The van der Waals surface area contributed by atoms with Gasteiger partial charge in [0.1, 0.15) is 5.75 Å². The zero-order valence-electron chi connectivity index (χ0n) is 17.1. The van der Waals surface area contributed by atoms with Crippen LogP contribution >= 0.6 is 11.3 Å². The lowest BCUT2D eigenvalue weighted by molar-refractivity contribution is -0.384. The summed E-state index contributed by atoms with van der Waals surface area (Å²) in [5, 5.41) is 15.8. The zero-order chi connectivity index (χ0) is 22.3. The first-order chi connectivity index (χ1) is 15.6. The number of aromatic nitrogens is 1. The van der Waals surface area contributed by atoms with Crippen LogP contribution < -0.4 is 10.2 Å². The van der Waals surface area contributed by atoms with E-state index in [0.29, 0.717) is 23.0 Å². The molecule has 1 aromatic heterocycles. The molecule has 3 aromatic carbocycles. The Hall–Kier alpha value is -4.11. The van der Waals surface area contributed by atoms with Gasteiger partial charge in [0.15, 0.2) is 10.8 Å². The number of amidine groups is 1. The van der Waals surface area contributed by atoms with Gasteiger partial charge in [-0.3, -0.25) is 15.5 Å². The Bertz CT molecular complexity index is 1250. The number of nitro benzene ring substituents is 1. The van der Waals surface area contributed by atoms with Gasteiger partial charge in [0, 0.05) is 12.1 Å². The number of hydrogen-bond donors (Lipinski definition) is 1. The number of ether oxygens (including phenoxy) is 1. The van der Waals surface area contributed by atoms with Gasteiger partial charge in [0.2, 0.25) is 0 Å². The highest BCUT2D eigenvalue weighted by Gasteiger charge is 2.11. The van der Waals surface area contributed by atoms with E-state index in [1.165, 1.54) is 23.5 Å². The lowest BCUT2D eigenvalue weighted by Gasteiger charge is -2.05. The second-order valence-corrected chi connectivity index (χ2v) is 7.62. The van der Waals surface area contributed by atoms with E-state index < -0.39 is 4.92 Å². The molecular weight excluding hydrogens is 426 g/mol. The van der Waals surface area contributed by atoms with Gasteiger partial charge in [-0.05, 0) is 61.0 Å². The molecule has 0 bridgehead atoms. The van der Waals surface area contributed by atoms with Gasteiger partial charge in [-0.2, -0.15) is 5.10 Å². The second-order valence-electron chi connectivity index (χ2n) is 6.59. The number of nitrogens with one attached hydrogen (secondary N) is 1. The summed E-state index contributed by atoms with van der Waals surface area (Å²) in [5.74, 6) is 1.27. The van der Waals surface area contributed by atoms with Gasteiger partial charge in [0.05, 0.1) is 33.6 Å². The SMILES string of the molecule is CCOc1ccc(N=C(N/N=C/c2ccc([N+](=O)[O-])cc2)c2nc3ccccc3s2)cc1. The maximum absolute atomic E-state index is 10.8. The molecule has 0 fully saturated rings. The van der Waals surface area contributed by atoms with E-state index in [-0.39, 0.29) is 5.69 Å². The highest BCUT2D eigenvalue weighted by Crippen LogP contribution is 2.24. The van der Waals surface area contributed by atoms with Crippen molar-refractivity contribution in [3.63, 3.8) is 0 Å². The summed E-state index contributed by atoms with van der Waals surface area (Å²) < 4.78 is 6.53. The molecule has 160 valence electrons. The minimum atomic E-state index is -0.437. The summed E-state index contributed by atoms with van der Waals surface area (Å²) >= 11 is 1.51. The topological polar surface area (TPSA) is 102 Å². The first kappa shape index (κ1) is 21.1. The zero-order valence-corrected chi connectivity index (χ0v) is 18.0. The van der Waals surface area contributed by atoms with Crippen molar-refractivity contribution >= 4 is 45.0 Å². The maximum Gasteiger partial charge on any atom is 0.269 e. The van der Waals surface area contributed by atoms with Crippen LogP contribution in [0.1, 0.15) is 17.5 Å². The number of hydrazone groups is 1. The lowest BCUT2D eigenvalue weighted by atomic mass is 10.2. The molecular formula is C23H19N5O3S. The number of nitro groups is 1. The first-order valence-electron chi connectivity index (χ1n) is 9.83. The summed E-state index contributed by atoms with van der Waals surface area (Å²) in [4.78, 5) is 19.7. The van der Waals surface area contributed by atoms with Crippen LogP contribution in [0.5, 0.6) is 5.75 Å². The molecule has 0 aliphatic carbocycles. The third kappa shape index (κ3) is 5.13. The number of benzene rings is 3. The largest absolute Gasteiger partial charge is 0.494 e. The van der Waals surface area contributed by atoms with Gasteiger partial charge in [-0.25, -0.2) is 9.98 Å². The first-order valence-corrected chi connectivity index (χ1v) is 10.6. The Morgan fingerprint density at radius 1 is 1.12 bits per heavy atom. The van der Waals surface area contributed by atoms with Crippen molar-refractivity contribution < 1.29 is 9.66 Å². The molecule has 32 heavy (non-hydrogen) atoms. The second kappa shape index (κ2) is 9.80. The van der Waals surface area contributed by atoms with Crippen molar-refractivity contribution in [2.24, 2.45) is 10.1 Å². The molecule has 0 spiro atoms. The van der Waals surface area contributed by atoms with E-state index in [4.69, 9.17) is 4.74 Å². The molecule has 0 amide bonds. The summed E-state index contributed by atoms with van der Waals surface area (Å²) in [6.07, 6.45) is 1.57. The van der Waals surface area contributed by atoms with Crippen molar-refractivity contribution in [2.75, 3.05) is 6.61 Å². The third-order valence-electron chi connectivity index (χ3n) is 4.37. The van der Waals surface area contributed by atoms with E-state index in [0.717, 1.165) is 21.7 Å². The van der Waals surface area contributed by atoms with Crippen LogP contribution in [0.25, 0.3) is 10.2 Å². The minimum absolute atomic E-state index is 0.0299. The lowest BCUT2D eigenvalue weighted by Crippen LogP contribution is -2.18. The summed E-state index contributed by atoms with van der Waals surface area (Å²) in [6, 6.07) is 21.4. The molecule has 0 saturated carbocycles. The van der Waals surface area contributed by atoms with Crippen LogP contribution in [0, 0.1) is 10.1 Å². The molecule has 9 heteroatoms. The van der Waals surface area contributed by atoms with E-state index in [1.807, 2.05) is 55.5 Å². The Morgan fingerprint density at radius 3 is 2.56 bits per heavy atom. The molecule has 0 aliphatic rings. The van der Waals surface area contributed by atoms with Crippen molar-refractivity contribution in [1.29, 1.82) is 0 Å². The van der Waals surface area contributed by atoms with Crippen LogP contribution in [0.2, 0.25) is 0 Å². The average molecular weight is 446 g/mol. The number of para-hydroxylation sites is 1. The Balaban J connectivity index is 1.61. The van der Waals surface area contributed by atoms with Crippen LogP contribution in [-0.2, 0) is 0 Å². The van der Waals surface area contributed by atoms with Gasteiger partial charge in [0.25, 0.3) is 5.69 Å². The fourth-order valence-electron chi connectivity index (χ4n) is 2.86. The van der Waals surface area contributed by atoms with Crippen molar-refractivity contribution in [1.82, 2.24) is 10.4 Å². The van der Waals surface area contributed by atoms with Crippen LogP contribution in [0.4, 0.5) is 11.4 Å².